The average Bonchev–Trinajstić information content (AvgIpc) is 3.12. The molecule has 0 aliphatic heterocycles. The molecule has 0 spiro atoms. The molecular formula is C36H78N4O9. The molecule has 0 heterocycles. The van der Waals surface area contributed by atoms with Crippen LogP contribution in [0.2, 0.25) is 0 Å². The van der Waals surface area contributed by atoms with E-state index < -0.39 is 0 Å². The van der Waals surface area contributed by atoms with Gasteiger partial charge in [-0.05, 0) is 77.0 Å². The molecule has 0 amide bonds. The zero-order valence-electron chi connectivity index (χ0n) is 31.2. The number of nitrogens with zero attached hydrogens (tertiary/aromatic N) is 4. The number of hydrogen-bond donors (Lipinski definition) is 6. The van der Waals surface area contributed by atoms with E-state index >= 15 is 0 Å². The molecule has 0 aliphatic carbocycles. The topological polar surface area (TPSA) is 162 Å². The molecule has 296 valence electrons. The molecule has 0 aromatic heterocycles. The third-order valence-electron chi connectivity index (χ3n) is 8.37. The summed E-state index contributed by atoms with van der Waals surface area (Å²) in [4.78, 5) is 9.35. The Balaban J connectivity index is 4.45. The van der Waals surface area contributed by atoms with Gasteiger partial charge in [0, 0.05) is 158 Å². The SMILES string of the molecule is OCCCN(CCCO)CCCOCCCN(CCCOCCCN(CCCO)CCCO)CCCOCCCN(CCCO)CCCO. The maximum atomic E-state index is 9.14. The van der Waals surface area contributed by atoms with Gasteiger partial charge in [0.25, 0.3) is 0 Å². The first-order chi connectivity index (χ1) is 24.1. The molecule has 49 heavy (non-hydrogen) atoms. The Kier molecular flexibility index (Phi) is 39.8. The van der Waals surface area contributed by atoms with E-state index in [1.165, 1.54) is 0 Å². The summed E-state index contributed by atoms with van der Waals surface area (Å²) in [7, 11) is 0. The Morgan fingerprint density at radius 3 is 0.510 bits per heavy atom. The number of aliphatic hydroxyl groups is 6. The van der Waals surface area contributed by atoms with Crippen LogP contribution in [0.3, 0.4) is 0 Å². The van der Waals surface area contributed by atoms with Crippen molar-refractivity contribution in [3.63, 3.8) is 0 Å². The first-order valence-corrected chi connectivity index (χ1v) is 19.4. The van der Waals surface area contributed by atoms with Crippen LogP contribution in [0.15, 0.2) is 0 Å². The van der Waals surface area contributed by atoms with Crippen molar-refractivity contribution in [1.29, 1.82) is 0 Å². The highest BCUT2D eigenvalue weighted by Crippen LogP contribution is 2.03. The third-order valence-corrected chi connectivity index (χ3v) is 8.37. The molecule has 0 bridgehead atoms. The van der Waals surface area contributed by atoms with E-state index in [-0.39, 0.29) is 39.6 Å². The van der Waals surface area contributed by atoms with E-state index in [1.54, 1.807) is 0 Å². The highest BCUT2D eigenvalue weighted by Gasteiger charge is 2.09. The van der Waals surface area contributed by atoms with Gasteiger partial charge >= 0.3 is 0 Å². The monoisotopic (exact) mass is 711 g/mol. The summed E-state index contributed by atoms with van der Waals surface area (Å²) in [5.41, 5.74) is 0. The predicted molar refractivity (Wildman–Crippen MR) is 196 cm³/mol. The van der Waals surface area contributed by atoms with Gasteiger partial charge in [-0.2, -0.15) is 0 Å². The maximum Gasteiger partial charge on any atom is 0.0478 e. The standard InChI is InChI=1S/C36H78N4O9/c41-25-1-13-37(14-2-26-42)19-7-31-47-34-10-22-40(23-11-35-48-32-8-20-38(15-3-27-43)16-4-28-44)24-12-36-49-33-9-21-39(17-5-29-45)18-6-30-46/h41-46H,1-36H2. The van der Waals surface area contributed by atoms with Crippen LogP contribution in [0.1, 0.15) is 77.0 Å². The molecule has 0 rings (SSSR count). The number of hydrogen-bond acceptors (Lipinski definition) is 13. The van der Waals surface area contributed by atoms with Crippen LogP contribution in [-0.2, 0) is 14.2 Å². The Morgan fingerprint density at radius 1 is 0.224 bits per heavy atom. The first kappa shape index (κ1) is 48.5. The molecule has 0 aliphatic rings. The fraction of sp³-hybridized carbons (Fsp3) is 1.00. The van der Waals surface area contributed by atoms with Crippen molar-refractivity contribution in [2.24, 2.45) is 0 Å². The van der Waals surface area contributed by atoms with Crippen LogP contribution in [0, 0.1) is 0 Å². The number of ether oxygens (including phenoxy) is 3. The van der Waals surface area contributed by atoms with E-state index in [9.17, 15) is 0 Å². The molecule has 0 atom stereocenters. The van der Waals surface area contributed by atoms with Crippen molar-refractivity contribution >= 4 is 0 Å². The van der Waals surface area contributed by atoms with E-state index in [4.69, 9.17) is 44.8 Å². The minimum absolute atomic E-state index is 0.189. The fourth-order valence-corrected chi connectivity index (χ4v) is 5.76. The van der Waals surface area contributed by atoms with Gasteiger partial charge in [-0.1, -0.05) is 0 Å². The van der Waals surface area contributed by atoms with Crippen molar-refractivity contribution in [1.82, 2.24) is 19.6 Å². The highest BCUT2D eigenvalue weighted by atomic mass is 16.5. The van der Waals surface area contributed by atoms with Crippen LogP contribution in [0.4, 0.5) is 0 Å². The quantitative estimate of drug-likeness (QED) is 0.0496. The summed E-state index contributed by atoms with van der Waals surface area (Å²) in [6.45, 7) is 16.2. The van der Waals surface area contributed by atoms with Crippen LogP contribution in [0.25, 0.3) is 0 Å². The van der Waals surface area contributed by atoms with Crippen LogP contribution in [-0.4, -0.2) is 208 Å². The van der Waals surface area contributed by atoms with Crippen molar-refractivity contribution in [2.75, 3.05) is 158 Å². The first-order valence-electron chi connectivity index (χ1n) is 19.4. The van der Waals surface area contributed by atoms with Gasteiger partial charge in [-0.3, -0.25) is 0 Å². The highest BCUT2D eigenvalue weighted by molar-refractivity contribution is 4.62. The molecule has 6 N–H and O–H groups in total. The lowest BCUT2D eigenvalue weighted by atomic mass is 10.3. The summed E-state index contributed by atoms with van der Waals surface area (Å²) >= 11 is 0. The molecule has 13 nitrogen and oxygen atoms in total. The van der Waals surface area contributed by atoms with Gasteiger partial charge in [0.05, 0.1) is 0 Å². The molecule has 0 saturated carbocycles. The largest absolute Gasteiger partial charge is 0.396 e. The lowest BCUT2D eigenvalue weighted by Gasteiger charge is -2.23. The minimum Gasteiger partial charge on any atom is -0.396 e. The van der Waals surface area contributed by atoms with Gasteiger partial charge in [-0.25, -0.2) is 0 Å². The van der Waals surface area contributed by atoms with Gasteiger partial charge < -0.3 is 64.4 Å². The average molecular weight is 711 g/mol. The van der Waals surface area contributed by atoms with Crippen molar-refractivity contribution in [3.8, 4) is 0 Å². The van der Waals surface area contributed by atoms with E-state index in [2.05, 4.69) is 19.6 Å². The van der Waals surface area contributed by atoms with Gasteiger partial charge in [0.2, 0.25) is 0 Å². The van der Waals surface area contributed by atoms with Crippen molar-refractivity contribution in [3.05, 3.63) is 0 Å². The van der Waals surface area contributed by atoms with Crippen molar-refractivity contribution < 1.29 is 44.8 Å². The van der Waals surface area contributed by atoms with Crippen LogP contribution < -0.4 is 0 Å². The maximum absolute atomic E-state index is 9.14. The summed E-state index contributed by atoms with van der Waals surface area (Å²) in [6.07, 6.45) is 10.2. The molecule has 0 radical (unpaired) electrons. The Morgan fingerprint density at radius 2 is 0.367 bits per heavy atom. The Labute approximate surface area is 299 Å². The molecule has 0 saturated heterocycles. The lowest BCUT2D eigenvalue weighted by molar-refractivity contribution is 0.0878. The summed E-state index contributed by atoms with van der Waals surface area (Å²) in [5, 5.41) is 54.9. The number of aliphatic hydroxyl groups excluding tert-OH is 6. The third kappa shape index (κ3) is 34.3. The lowest BCUT2D eigenvalue weighted by Crippen LogP contribution is -2.30. The molecule has 0 aromatic carbocycles. The Bertz CT molecular complexity index is 526. The normalized spacial score (nSPS) is 12.1. The van der Waals surface area contributed by atoms with Crippen LogP contribution in [0.5, 0.6) is 0 Å². The van der Waals surface area contributed by atoms with E-state index in [0.717, 1.165) is 175 Å². The molecule has 0 unspecified atom stereocenters. The summed E-state index contributed by atoms with van der Waals surface area (Å²) < 4.78 is 17.9. The van der Waals surface area contributed by atoms with Crippen molar-refractivity contribution in [2.45, 2.75) is 77.0 Å². The summed E-state index contributed by atoms with van der Waals surface area (Å²) in [6, 6.07) is 0. The van der Waals surface area contributed by atoms with Gasteiger partial charge in [-0.15, -0.1) is 0 Å². The Hall–Kier alpha value is -0.520. The second-order valence-electron chi connectivity index (χ2n) is 12.8. The van der Waals surface area contributed by atoms with Gasteiger partial charge in [0.15, 0.2) is 0 Å². The minimum atomic E-state index is 0.189. The second-order valence-corrected chi connectivity index (χ2v) is 12.8. The predicted octanol–water partition coefficient (Wildman–Crippen LogP) is 0.879. The molecule has 0 aromatic rings. The fourth-order valence-electron chi connectivity index (χ4n) is 5.76. The van der Waals surface area contributed by atoms with E-state index in [0.29, 0.717) is 19.8 Å². The molecule has 13 heteroatoms. The molecule has 0 fully saturated rings. The second kappa shape index (κ2) is 40.3. The number of rotatable bonds is 42. The zero-order valence-corrected chi connectivity index (χ0v) is 31.2. The zero-order chi connectivity index (χ0) is 35.9. The molecular weight excluding hydrogens is 632 g/mol. The summed E-state index contributed by atoms with van der Waals surface area (Å²) in [5.74, 6) is 0. The van der Waals surface area contributed by atoms with Crippen LogP contribution >= 0.6 is 0 Å². The smallest absolute Gasteiger partial charge is 0.0478 e. The van der Waals surface area contributed by atoms with Gasteiger partial charge in [0.1, 0.15) is 0 Å². The van der Waals surface area contributed by atoms with E-state index in [1.807, 2.05) is 0 Å².